The molecule has 0 spiro atoms. The van der Waals surface area contributed by atoms with Gasteiger partial charge in [-0.05, 0) is 65.2 Å². The van der Waals surface area contributed by atoms with Crippen LogP contribution in [-0.4, -0.2) is 61.5 Å². The largest absolute Gasteiger partial charge is 0.491 e. The predicted octanol–water partition coefficient (Wildman–Crippen LogP) is 3.62. The molecule has 1 fully saturated rings. The van der Waals surface area contributed by atoms with Gasteiger partial charge >= 0.3 is 6.09 Å². The average molecular weight is 407 g/mol. The highest BCUT2D eigenvalue weighted by molar-refractivity contribution is 5.94. The van der Waals surface area contributed by atoms with Gasteiger partial charge < -0.3 is 24.4 Å². The summed E-state index contributed by atoms with van der Waals surface area (Å²) in [6.07, 6.45) is 2.54. The molecule has 1 heterocycles. The first-order valence-corrected chi connectivity index (χ1v) is 10.4. The molecule has 0 radical (unpaired) electrons. The number of hydrogen-bond donors (Lipinski definition) is 1. The second-order valence-electron chi connectivity index (χ2n) is 8.14. The van der Waals surface area contributed by atoms with E-state index in [9.17, 15) is 9.59 Å². The van der Waals surface area contributed by atoms with Crippen molar-refractivity contribution in [2.75, 3.05) is 32.8 Å². The highest BCUT2D eigenvalue weighted by Gasteiger charge is 2.21. The molecule has 1 atom stereocenters. The molecular weight excluding hydrogens is 372 g/mol. The fraction of sp³-hybridized carbons (Fsp3) is 0.636. The van der Waals surface area contributed by atoms with E-state index in [1.807, 2.05) is 33.8 Å². The average Bonchev–Trinajstić information content (AvgIpc) is 3.18. The summed E-state index contributed by atoms with van der Waals surface area (Å²) in [5.41, 5.74) is 0.0321. The number of rotatable bonds is 9. The molecule has 2 rings (SSSR count). The number of ether oxygens (including phenoxy) is 3. The van der Waals surface area contributed by atoms with Crippen molar-refractivity contribution >= 4 is 12.0 Å². The van der Waals surface area contributed by atoms with Crippen LogP contribution in [0.5, 0.6) is 5.75 Å². The summed E-state index contributed by atoms with van der Waals surface area (Å²) in [6, 6.07) is 7.14. The van der Waals surface area contributed by atoms with E-state index >= 15 is 0 Å². The summed E-state index contributed by atoms with van der Waals surface area (Å²) in [5.74, 6) is 0.503. The fourth-order valence-corrected chi connectivity index (χ4v) is 2.97. The van der Waals surface area contributed by atoms with Gasteiger partial charge in [0.15, 0.2) is 0 Å². The molecule has 0 aliphatic carbocycles. The highest BCUT2D eigenvalue weighted by Crippen LogP contribution is 2.17. The fourth-order valence-electron chi connectivity index (χ4n) is 2.97. The van der Waals surface area contributed by atoms with Gasteiger partial charge in [0.05, 0.1) is 6.10 Å². The van der Waals surface area contributed by atoms with Gasteiger partial charge in [0, 0.05) is 31.8 Å². The minimum absolute atomic E-state index is 0.138. The molecule has 1 saturated heterocycles. The number of nitrogens with one attached hydrogen (secondary N) is 1. The predicted molar refractivity (Wildman–Crippen MR) is 111 cm³/mol. The second kappa shape index (κ2) is 11.0. The number of nitrogens with zero attached hydrogens (tertiary/aromatic N) is 1. The van der Waals surface area contributed by atoms with Crippen molar-refractivity contribution in [2.24, 2.45) is 0 Å². The van der Waals surface area contributed by atoms with E-state index in [1.165, 1.54) is 0 Å². The lowest BCUT2D eigenvalue weighted by Crippen LogP contribution is -2.38. The second-order valence-corrected chi connectivity index (χ2v) is 8.14. The molecule has 29 heavy (non-hydrogen) atoms. The van der Waals surface area contributed by atoms with Gasteiger partial charge in [0.25, 0.3) is 5.91 Å². The van der Waals surface area contributed by atoms with Crippen molar-refractivity contribution in [2.45, 2.75) is 58.7 Å². The van der Waals surface area contributed by atoms with E-state index in [0.717, 1.165) is 19.4 Å². The van der Waals surface area contributed by atoms with Crippen LogP contribution in [0.15, 0.2) is 24.3 Å². The Labute approximate surface area is 173 Å². The van der Waals surface area contributed by atoms with Crippen LogP contribution in [0, 0.1) is 0 Å². The van der Waals surface area contributed by atoms with E-state index in [2.05, 4.69) is 5.32 Å². The van der Waals surface area contributed by atoms with Crippen molar-refractivity contribution in [3.8, 4) is 5.75 Å². The Kier molecular flexibility index (Phi) is 8.76. The zero-order chi connectivity index (χ0) is 21.3. The van der Waals surface area contributed by atoms with Gasteiger partial charge in [-0.1, -0.05) is 6.07 Å². The molecule has 2 amide bonds. The Morgan fingerprint density at radius 3 is 2.76 bits per heavy atom. The van der Waals surface area contributed by atoms with Gasteiger partial charge in [-0.15, -0.1) is 0 Å². The van der Waals surface area contributed by atoms with Crippen LogP contribution in [0.25, 0.3) is 0 Å². The Hall–Kier alpha value is -2.28. The maximum Gasteiger partial charge on any atom is 0.410 e. The molecular formula is C22H34N2O5. The summed E-state index contributed by atoms with van der Waals surface area (Å²) in [6.45, 7) is 10.3. The van der Waals surface area contributed by atoms with Crippen molar-refractivity contribution in [3.63, 3.8) is 0 Å². The number of carbonyl (C=O) groups excluding carboxylic acids is 2. The summed E-state index contributed by atoms with van der Waals surface area (Å²) < 4.78 is 16.7. The lowest BCUT2D eigenvalue weighted by Gasteiger charge is -2.26. The molecule has 0 unspecified atom stereocenters. The van der Waals surface area contributed by atoms with Crippen molar-refractivity contribution in [1.82, 2.24) is 10.2 Å². The first-order chi connectivity index (χ1) is 13.8. The van der Waals surface area contributed by atoms with Crippen LogP contribution in [-0.2, 0) is 9.47 Å². The van der Waals surface area contributed by atoms with Crippen LogP contribution in [0.4, 0.5) is 4.79 Å². The highest BCUT2D eigenvalue weighted by atomic mass is 16.6. The van der Waals surface area contributed by atoms with Crippen LogP contribution < -0.4 is 10.1 Å². The molecule has 0 aromatic heterocycles. The maximum absolute atomic E-state index is 12.4. The summed E-state index contributed by atoms with van der Waals surface area (Å²) in [7, 11) is 0. The molecule has 0 saturated carbocycles. The SMILES string of the molecule is CCN(CCCNC(=O)c1cccc(OC[C@@H]2CCCO2)c1)C(=O)OC(C)(C)C. The monoisotopic (exact) mass is 406 g/mol. The molecule has 1 aliphatic heterocycles. The lowest BCUT2D eigenvalue weighted by atomic mass is 10.2. The number of benzene rings is 1. The van der Waals surface area contributed by atoms with Crippen LogP contribution in [0.3, 0.4) is 0 Å². The first-order valence-electron chi connectivity index (χ1n) is 10.4. The topological polar surface area (TPSA) is 77.1 Å². The third-order valence-electron chi connectivity index (χ3n) is 4.48. The number of amides is 2. The molecule has 7 heteroatoms. The zero-order valence-electron chi connectivity index (χ0n) is 18.0. The van der Waals surface area contributed by atoms with Gasteiger partial charge in [-0.3, -0.25) is 4.79 Å². The first kappa shape index (κ1) is 23.0. The van der Waals surface area contributed by atoms with Crippen LogP contribution in [0.1, 0.15) is 57.3 Å². The van der Waals surface area contributed by atoms with Crippen molar-refractivity contribution in [3.05, 3.63) is 29.8 Å². The maximum atomic E-state index is 12.4. The number of hydrogen-bond acceptors (Lipinski definition) is 5. The minimum Gasteiger partial charge on any atom is -0.491 e. The summed E-state index contributed by atoms with van der Waals surface area (Å²) in [4.78, 5) is 26.2. The van der Waals surface area contributed by atoms with E-state index in [-0.39, 0.29) is 18.1 Å². The van der Waals surface area contributed by atoms with E-state index in [0.29, 0.717) is 44.0 Å². The van der Waals surface area contributed by atoms with Gasteiger partial charge in [-0.2, -0.15) is 0 Å². The van der Waals surface area contributed by atoms with Crippen LogP contribution >= 0.6 is 0 Å². The van der Waals surface area contributed by atoms with E-state index < -0.39 is 5.60 Å². The van der Waals surface area contributed by atoms with E-state index in [1.54, 1.807) is 23.1 Å². The molecule has 1 aromatic rings. The minimum atomic E-state index is -0.518. The molecule has 162 valence electrons. The quantitative estimate of drug-likeness (QED) is 0.634. The molecule has 7 nitrogen and oxygen atoms in total. The third kappa shape index (κ3) is 8.31. The Balaban J connectivity index is 1.74. The molecule has 1 aliphatic rings. The van der Waals surface area contributed by atoms with Gasteiger partial charge in [-0.25, -0.2) is 4.79 Å². The van der Waals surface area contributed by atoms with E-state index in [4.69, 9.17) is 14.2 Å². The number of carbonyl (C=O) groups is 2. The smallest absolute Gasteiger partial charge is 0.410 e. The van der Waals surface area contributed by atoms with Gasteiger partial charge in [0.1, 0.15) is 18.0 Å². The Bertz CT molecular complexity index is 665. The standard InChI is InChI=1S/C22H34N2O5/c1-5-24(21(26)29-22(2,3)4)13-8-12-23-20(25)17-9-6-10-18(15-17)28-16-19-11-7-14-27-19/h6,9-10,15,19H,5,7-8,11-14,16H2,1-4H3,(H,23,25)/t19-/m0/s1. The molecule has 0 bridgehead atoms. The normalized spacial score (nSPS) is 16.3. The summed E-state index contributed by atoms with van der Waals surface area (Å²) in [5, 5.41) is 2.89. The van der Waals surface area contributed by atoms with Crippen LogP contribution in [0.2, 0.25) is 0 Å². The lowest BCUT2D eigenvalue weighted by molar-refractivity contribution is 0.0259. The van der Waals surface area contributed by atoms with Crippen molar-refractivity contribution < 1.29 is 23.8 Å². The molecule has 1 aromatic carbocycles. The van der Waals surface area contributed by atoms with Crippen molar-refractivity contribution in [1.29, 1.82) is 0 Å². The third-order valence-corrected chi connectivity index (χ3v) is 4.48. The van der Waals surface area contributed by atoms with Gasteiger partial charge in [0.2, 0.25) is 0 Å². The Morgan fingerprint density at radius 1 is 1.31 bits per heavy atom. The zero-order valence-corrected chi connectivity index (χ0v) is 18.0. The molecule has 1 N–H and O–H groups in total. The Morgan fingerprint density at radius 2 is 2.10 bits per heavy atom. The summed E-state index contributed by atoms with van der Waals surface area (Å²) >= 11 is 0.